The molecular weight excluding hydrogens is 552 g/mol. The molecule has 0 radical (unpaired) electrons. The lowest BCUT2D eigenvalue weighted by molar-refractivity contribution is -0.139. The molecule has 5 heterocycles. The highest BCUT2D eigenvalue weighted by Crippen LogP contribution is 2.30. The summed E-state index contributed by atoms with van der Waals surface area (Å²) in [5.74, 6) is 1.22. The number of nitrogens with zero attached hydrogens (tertiary/aromatic N) is 6. The van der Waals surface area contributed by atoms with Crippen molar-refractivity contribution in [2.24, 2.45) is 7.05 Å². The highest BCUT2D eigenvalue weighted by atomic mass is 32.1. The molecule has 0 spiro atoms. The molecule has 12 heteroatoms. The summed E-state index contributed by atoms with van der Waals surface area (Å²) < 4.78 is 1.33. The first kappa shape index (κ1) is 28.4. The van der Waals surface area contributed by atoms with E-state index >= 15 is 0 Å². The van der Waals surface area contributed by atoms with Gasteiger partial charge >= 0.3 is 0 Å². The third-order valence-corrected chi connectivity index (χ3v) is 9.79. The first-order valence-corrected chi connectivity index (χ1v) is 15.5. The van der Waals surface area contributed by atoms with E-state index in [9.17, 15) is 14.4 Å². The topological polar surface area (TPSA) is 116 Å². The molecule has 222 valence electrons. The molecule has 2 saturated heterocycles. The second-order valence-electron chi connectivity index (χ2n) is 11.6. The second kappa shape index (κ2) is 11.8. The van der Waals surface area contributed by atoms with Crippen LogP contribution in [0.3, 0.4) is 0 Å². The fourth-order valence-corrected chi connectivity index (χ4v) is 7.28. The Morgan fingerprint density at radius 3 is 2.64 bits per heavy atom. The minimum absolute atomic E-state index is 0.000636. The minimum Gasteiger partial charge on any atom is -0.353 e. The highest BCUT2D eigenvalue weighted by Gasteiger charge is 2.32. The Balaban J connectivity index is 1.14. The molecule has 42 heavy (non-hydrogen) atoms. The SMILES string of the molecule is CN1CCN(C)C(c2ccc(Nc3cc(N4CCC[C@@H](NC(=O)c5cc6c(s5)CCCC6)C4)nn(C)c3=O)nc2)C1=O. The number of hydrogen-bond acceptors (Lipinski definition) is 9. The molecule has 2 aliphatic heterocycles. The van der Waals surface area contributed by atoms with Crippen LogP contribution in [-0.4, -0.2) is 82.7 Å². The lowest BCUT2D eigenvalue weighted by Gasteiger charge is -2.36. The van der Waals surface area contributed by atoms with Gasteiger partial charge in [0.25, 0.3) is 11.5 Å². The number of carbonyl (C=O) groups is 2. The lowest BCUT2D eigenvalue weighted by atomic mass is 9.99. The summed E-state index contributed by atoms with van der Waals surface area (Å²) in [6, 6.07) is 7.12. The molecule has 3 aromatic rings. The number of aryl methyl sites for hydroxylation is 3. The van der Waals surface area contributed by atoms with Crippen molar-refractivity contribution in [1.82, 2.24) is 29.9 Å². The van der Waals surface area contributed by atoms with Crippen LogP contribution in [-0.2, 0) is 24.7 Å². The standard InChI is InChI=1S/C30H38N8O3S/c1-35-13-14-36(2)30(41)27(35)20-10-11-25(31-17-20)33-22-16-26(34-37(3)29(22)40)38-12-6-8-21(18-38)32-28(39)24-15-19-7-4-5-9-23(19)42-24/h10-11,15-17,21,27H,4-9,12-14,18H2,1-3H3,(H,31,33)(H,32,39)/t21-,27?/m1/s1. The van der Waals surface area contributed by atoms with E-state index < -0.39 is 0 Å². The number of rotatable bonds is 6. The summed E-state index contributed by atoms with van der Waals surface area (Å²) in [5.41, 5.74) is 2.25. The maximum atomic E-state index is 13.1. The van der Waals surface area contributed by atoms with Crippen LogP contribution in [0.15, 0.2) is 35.3 Å². The largest absolute Gasteiger partial charge is 0.353 e. The van der Waals surface area contributed by atoms with Gasteiger partial charge in [0, 0.05) is 63.5 Å². The smallest absolute Gasteiger partial charge is 0.290 e. The molecule has 2 atom stereocenters. The quantitative estimate of drug-likeness (QED) is 0.451. The van der Waals surface area contributed by atoms with Crippen LogP contribution in [0.5, 0.6) is 0 Å². The van der Waals surface area contributed by atoms with E-state index in [4.69, 9.17) is 0 Å². The van der Waals surface area contributed by atoms with Gasteiger partial charge in [-0.15, -0.1) is 11.3 Å². The number of thiophene rings is 1. The van der Waals surface area contributed by atoms with Gasteiger partial charge in [0.05, 0.1) is 4.88 Å². The van der Waals surface area contributed by atoms with Gasteiger partial charge < -0.3 is 20.4 Å². The lowest BCUT2D eigenvalue weighted by Crippen LogP contribution is -2.49. The number of amides is 2. The number of nitrogens with one attached hydrogen (secondary N) is 2. The molecule has 0 bridgehead atoms. The van der Waals surface area contributed by atoms with E-state index in [2.05, 4.69) is 31.7 Å². The van der Waals surface area contributed by atoms with Gasteiger partial charge in [-0.05, 0) is 68.8 Å². The highest BCUT2D eigenvalue weighted by molar-refractivity contribution is 7.14. The van der Waals surface area contributed by atoms with Crippen molar-refractivity contribution in [2.45, 2.75) is 50.6 Å². The Hall–Kier alpha value is -3.77. The van der Waals surface area contributed by atoms with Crippen molar-refractivity contribution in [3.05, 3.63) is 61.7 Å². The summed E-state index contributed by atoms with van der Waals surface area (Å²) >= 11 is 1.63. The zero-order valence-electron chi connectivity index (χ0n) is 24.4. The second-order valence-corrected chi connectivity index (χ2v) is 12.8. The molecule has 6 rings (SSSR count). The number of likely N-dealkylation sites (N-methyl/N-ethyl adjacent to an activating group) is 2. The summed E-state index contributed by atoms with van der Waals surface area (Å²) in [7, 11) is 5.39. The molecule has 3 aromatic heterocycles. The Kier molecular flexibility index (Phi) is 8.00. The number of fused-ring (bicyclic) bond motifs is 1. The van der Waals surface area contributed by atoms with Gasteiger partial charge in [0.1, 0.15) is 17.5 Å². The van der Waals surface area contributed by atoms with Crippen molar-refractivity contribution < 1.29 is 9.59 Å². The molecule has 2 amide bonds. The number of hydrogen-bond donors (Lipinski definition) is 2. The Morgan fingerprint density at radius 1 is 1.02 bits per heavy atom. The third-order valence-electron chi connectivity index (χ3n) is 8.56. The molecule has 2 fully saturated rings. The zero-order valence-corrected chi connectivity index (χ0v) is 25.2. The van der Waals surface area contributed by atoms with Crippen molar-refractivity contribution in [3.8, 4) is 0 Å². The fourth-order valence-electron chi connectivity index (χ4n) is 6.12. The van der Waals surface area contributed by atoms with Crippen LogP contribution in [0.2, 0.25) is 0 Å². The van der Waals surface area contributed by atoms with Crippen LogP contribution < -0.4 is 21.1 Å². The van der Waals surface area contributed by atoms with E-state index in [-0.39, 0.29) is 29.5 Å². The zero-order chi connectivity index (χ0) is 29.4. The summed E-state index contributed by atoms with van der Waals surface area (Å²) in [4.78, 5) is 51.4. The molecule has 3 aliphatic rings. The van der Waals surface area contributed by atoms with E-state index in [1.807, 2.05) is 25.1 Å². The van der Waals surface area contributed by atoms with Crippen molar-refractivity contribution >= 4 is 40.5 Å². The number of piperazine rings is 1. The Bertz CT molecular complexity index is 1510. The number of anilines is 3. The Labute approximate surface area is 249 Å². The number of pyridine rings is 1. The maximum Gasteiger partial charge on any atom is 0.290 e. The Morgan fingerprint density at radius 2 is 1.86 bits per heavy atom. The van der Waals surface area contributed by atoms with Crippen LogP contribution in [0.25, 0.3) is 0 Å². The van der Waals surface area contributed by atoms with Gasteiger partial charge in [-0.25, -0.2) is 9.67 Å². The van der Waals surface area contributed by atoms with Crippen LogP contribution in [0.1, 0.15) is 57.4 Å². The van der Waals surface area contributed by atoms with Crippen LogP contribution in [0.4, 0.5) is 17.3 Å². The molecule has 0 aromatic carbocycles. The van der Waals surface area contributed by atoms with Gasteiger partial charge in [0.15, 0.2) is 5.82 Å². The average molecular weight is 591 g/mol. The molecule has 0 saturated carbocycles. The maximum absolute atomic E-state index is 13.1. The van der Waals surface area contributed by atoms with Crippen LogP contribution >= 0.6 is 11.3 Å². The predicted molar refractivity (Wildman–Crippen MR) is 164 cm³/mol. The van der Waals surface area contributed by atoms with E-state index in [1.165, 1.54) is 28.0 Å². The van der Waals surface area contributed by atoms with E-state index in [1.54, 1.807) is 41.6 Å². The van der Waals surface area contributed by atoms with Crippen LogP contribution in [0, 0.1) is 0 Å². The third kappa shape index (κ3) is 5.78. The van der Waals surface area contributed by atoms with E-state index in [0.29, 0.717) is 30.4 Å². The van der Waals surface area contributed by atoms with Crippen molar-refractivity contribution in [1.29, 1.82) is 0 Å². The predicted octanol–water partition coefficient (Wildman–Crippen LogP) is 2.70. The molecular formula is C30H38N8O3S. The average Bonchev–Trinajstić information content (AvgIpc) is 3.43. The van der Waals surface area contributed by atoms with Gasteiger partial charge in [-0.2, -0.15) is 5.10 Å². The van der Waals surface area contributed by atoms with Gasteiger partial charge in [-0.1, -0.05) is 6.07 Å². The number of carbonyl (C=O) groups excluding carboxylic acids is 2. The number of piperidine rings is 1. The van der Waals surface area contributed by atoms with E-state index in [0.717, 1.165) is 49.2 Å². The first-order valence-electron chi connectivity index (χ1n) is 14.7. The molecule has 1 unspecified atom stereocenters. The monoisotopic (exact) mass is 590 g/mol. The molecule has 11 nitrogen and oxygen atoms in total. The number of aromatic nitrogens is 3. The van der Waals surface area contributed by atoms with Crippen molar-refractivity contribution in [3.63, 3.8) is 0 Å². The fraction of sp³-hybridized carbons (Fsp3) is 0.500. The molecule has 1 aliphatic carbocycles. The first-order chi connectivity index (χ1) is 20.3. The van der Waals surface area contributed by atoms with Gasteiger partial charge in [-0.3, -0.25) is 19.3 Å². The summed E-state index contributed by atoms with van der Waals surface area (Å²) in [6.45, 7) is 2.90. The normalized spacial score (nSPS) is 21.3. The minimum atomic E-state index is -0.372. The van der Waals surface area contributed by atoms with Crippen molar-refractivity contribution in [2.75, 3.05) is 50.5 Å². The summed E-state index contributed by atoms with van der Waals surface area (Å²) in [6.07, 6.45) is 8.04. The summed E-state index contributed by atoms with van der Waals surface area (Å²) in [5, 5.41) is 10.9. The molecule has 2 N–H and O–H groups in total. The van der Waals surface area contributed by atoms with Gasteiger partial charge in [0.2, 0.25) is 5.91 Å².